The van der Waals surface area contributed by atoms with Crippen molar-refractivity contribution in [2.24, 2.45) is 0 Å². The number of alkyl halides is 1. The van der Waals surface area contributed by atoms with Crippen LogP contribution in [0, 0.1) is 0 Å². The number of halogens is 1. The van der Waals surface area contributed by atoms with E-state index >= 15 is 0 Å². The van der Waals surface area contributed by atoms with Gasteiger partial charge in [0.1, 0.15) is 0 Å². The third-order valence-corrected chi connectivity index (χ3v) is 5.72. The lowest BCUT2D eigenvalue weighted by atomic mass is 10.2. The fourth-order valence-electron chi connectivity index (χ4n) is 1.84. The standard InChI is InChI=1S/C14H16ClNO2S2/c1-11(14-3-2-10-19-14)16-20(17,18)13-6-4-12(5-7-13)8-9-15/h2-7,10-11,16H,8-9H2,1H3. The number of hydrogen-bond donors (Lipinski definition) is 1. The Morgan fingerprint density at radius 1 is 1.25 bits per heavy atom. The fourth-order valence-corrected chi connectivity index (χ4v) is 4.09. The van der Waals surface area contributed by atoms with Gasteiger partial charge in [0.15, 0.2) is 0 Å². The molecule has 2 aromatic rings. The Bertz CT molecular complexity index is 636. The molecule has 1 aromatic heterocycles. The van der Waals surface area contributed by atoms with Gasteiger partial charge in [-0.3, -0.25) is 0 Å². The van der Waals surface area contributed by atoms with Crippen LogP contribution in [0.5, 0.6) is 0 Å². The maximum absolute atomic E-state index is 12.3. The molecule has 108 valence electrons. The van der Waals surface area contributed by atoms with Gasteiger partial charge in [0.25, 0.3) is 0 Å². The fraction of sp³-hybridized carbons (Fsp3) is 0.286. The van der Waals surface area contributed by atoms with E-state index in [1.165, 1.54) is 11.3 Å². The van der Waals surface area contributed by atoms with E-state index in [0.717, 1.165) is 16.9 Å². The smallest absolute Gasteiger partial charge is 0.207 e. The average Bonchev–Trinajstić information content (AvgIpc) is 2.93. The number of rotatable bonds is 6. The molecular formula is C14H16ClNO2S2. The van der Waals surface area contributed by atoms with Crippen molar-refractivity contribution >= 4 is 33.0 Å². The van der Waals surface area contributed by atoms with Gasteiger partial charge in [-0.15, -0.1) is 22.9 Å². The highest BCUT2D eigenvalue weighted by Crippen LogP contribution is 2.21. The summed E-state index contributed by atoms with van der Waals surface area (Å²) >= 11 is 7.20. The first-order valence-corrected chi connectivity index (χ1v) is 9.13. The van der Waals surface area contributed by atoms with Crippen LogP contribution < -0.4 is 4.72 Å². The van der Waals surface area contributed by atoms with Crippen LogP contribution >= 0.6 is 22.9 Å². The maximum Gasteiger partial charge on any atom is 0.241 e. The molecule has 6 heteroatoms. The molecule has 1 aromatic carbocycles. The van der Waals surface area contributed by atoms with Gasteiger partial charge >= 0.3 is 0 Å². The Kier molecular flexibility index (Phi) is 5.21. The SMILES string of the molecule is CC(NS(=O)(=O)c1ccc(CCCl)cc1)c1cccs1. The van der Waals surface area contributed by atoms with Gasteiger partial charge in [-0.2, -0.15) is 0 Å². The van der Waals surface area contributed by atoms with E-state index in [1.54, 1.807) is 24.3 Å². The molecule has 3 nitrogen and oxygen atoms in total. The first-order valence-electron chi connectivity index (χ1n) is 6.23. The summed E-state index contributed by atoms with van der Waals surface area (Å²) in [5.41, 5.74) is 1.03. The number of hydrogen-bond acceptors (Lipinski definition) is 3. The van der Waals surface area contributed by atoms with E-state index in [9.17, 15) is 8.42 Å². The Balaban J connectivity index is 2.13. The lowest BCUT2D eigenvalue weighted by Crippen LogP contribution is -2.26. The molecule has 0 saturated heterocycles. The van der Waals surface area contributed by atoms with Crippen LogP contribution in [-0.4, -0.2) is 14.3 Å². The predicted octanol–water partition coefficient (Wildman–Crippen LogP) is 3.57. The second-order valence-electron chi connectivity index (χ2n) is 4.44. The van der Waals surface area contributed by atoms with Crippen LogP contribution in [0.4, 0.5) is 0 Å². The summed E-state index contributed by atoms with van der Waals surface area (Å²) in [7, 11) is -3.49. The first kappa shape index (κ1) is 15.5. The van der Waals surface area contributed by atoms with Crippen LogP contribution in [0.2, 0.25) is 0 Å². The summed E-state index contributed by atoms with van der Waals surface area (Å²) < 4.78 is 27.2. The van der Waals surface area contributed by atoms with E-state index in [1.807, 2.05) is 24.4 Å². The molecule has 1 atom stereocenters. The molecule has 0 aliphatic carbocycles. The van der Waals surface area contributed by atoms with Gasteiger partial charge in [-0.1, -0.05) is 18.2 Å². The highest BCUT2D eigenvalue weighted by Gasteiger charge is 2.18. The topological polar surface area (TPSA) is 46.2 Å². The molecule has 0 spiro atoms. The second-order valence-corrected chi connectivity index (χ2v) is 7.51. The van der Waals surface area contributed by atoms with Crippen molar-refractivity contribution in [2.45, 2.75) is 24.3 Å². The van der Waals surface area contributed by atoms with E-state index in [2.05, 4.69) is 4.72 Å². The van der Waals surface area contributed by atoms with E-state index in [-0.39, 0.29) is 10.9 Å². The van der Waals surface area contributed by atoms with Gasteiger partial charge < -0.3 is 0 Å². The van der Waals surface area contributed by atoms with Crippen LogP contribution in [-0.2, 0) is 16.4 Å². The Morgan fingerprint density at radius 3 is 2.50 bits per heavy atom. The number of benzene rings is 1. The second kappa shape index (κ2) is 6.72. The van der Waals surface area contributed by atoms with E-state index in [0.29, 0.717) is 5.88 Å². The summed E-state index contributed by atoms with van der Waals surface area (Å²) in [5, 5.41) is 1.93. The minimum absolute atomic E-state index is 0.234. The van der Waals surface area contributed by atoms with Crippen molar-refractivity contribution in [3.8, 4) is 0 Å². The van der Waals surface area contributed by atoms with Crippen molar-refractivity contribution in [1.82, 2.24) is 4.72 Å². The minimum atomic E-state index is -3.49. The molecule has 1 heterocycles. The number of thiophene rings is 1. The summed E-state index contributed by atoms with van der Waals surface area (Å²) in [4.78, 5) is 1.27. The minimum Gasteiger partial charge on any atom is -0.207 e. The number of nitrogens with one attached hydrogen (secondary N) is 1. The third kappa shape index (κ3) is 3.82. The summed E-state index contributed by atoms with van der Waals surface area (Å²) in [6, 6.07) is 10.4. The quantitative estimate of drug-likeness (QED) is 0.823. The lowest BCUT2D eigenvalue weighted by molar-refractivity contribution is 0.568. The zero-order valence-corrected chi connectivity index (χ0v) is 13.4. The molecule has 1 N–H and O–H groups in total. The van der Waals surface area contributed by atoms with Crippen molar-refractivity contribution in [3.05, 3.63) is 52.2 Å². The van der Waals surface area contributed by atoms with Crippen molar-refractivity contribution in [3.63, 3.8) is 0 Å². The molecule has 2 rings (SSSR count). The summed E-state index contributed by atoms with van der Waals surface area (Å²) in [5.74, 6) is 0.528. The first-order chi connectivity index (χ1) is 9.53. The molecule has 1 unspecified atom stereocenters. The van der Waals surface area contributed by atoms with Crippen LogP contribution in [0.15, 0.2) is 46.7 Å². The summed E-state index contributed by atoms with van der Waals surface area (Å²) in [6.45, 7) is 1.84. The van der Waals surface area contributed by atoms with Gasteiger partial charge in [-0.05, 0) is 42.5 Å². The molecule has 0 bridgehead atoms. The molecular weight excluding hydrogens is 314 g/mol. The highest BCUT2D eigenvalue weighted by atomic mass is 35.5. The Labute approximate surface area is 128 Å². The lowest BCUT2D eigenvalue weighted by Gasteiger charge is -2.13. The molecule has 0 aliphatic heterocycles. The van der Waals surface area contributed by atoms with Gasteiger partial charge in [0.2, 0.25) is 10.0 Å². The molecule has 0 aliphatic rings. The van der Waals surface area contributed by atoms with Crippen LogP contribution in [0.25, 0.3) is 0 Å². The van der Waals surface area contributed by atoms with Crippen LogP contribution in [0.1, 0.15) is 23.4 Å². The molecule has 0 radical (unpaired) electrons. The molecule has 20 heavy (non-hydrogen) atoms. The van der Waals surface area contributed by atoms with Crippen LogP contribution in [0.3, 0.4) is 0 Å². The van der Waals surface area contributed by atoms with Gasteiger partial charge in [0.05, 0.1) is 10.9 Å². The van der Waals surface area contributed by atoms with Gasteiger partial charge in [0, 0.05) is 10.8 Å². The molecule has 0 amide bonds. The van der Waals surface area contributed by atoms with Gasteiger partial charge in [-0.25, -0.2) is 13.1 Å². The number of sulfonamides is 1. The Morgan fingerprint density at radius 2 is 1.95 bits per heavy atom. The Hall–Kier alpha value is -0.880. The average molecular weight is 330 g/mol. The van der Waals surface area contributed by atoms with E-state index in [4.69, 9.17) is 11.6 Å². The van der Waals surface area contributed by atoms with Crippen molar-refractivity contribution in [2.75, 3.05) is 5.88 Å². The normalized spacial score (nSPS) is 13.3. The highest BCUT2D eigenvalue weighted by molar-refractivity contribution is 7.89. The summed E-state index contributed by atoms with van der Waals surface area (Å²) in [6.07, 6.45) is 0.737. The van der Waals surface area contributed by atoms with Crippen molar-refractivity contribution in [1.29, 1.82) is 0 Å². The zero-order valence-electron chi connectivity index (χ0n) is 11.0. The van der Waals surface area contributed by atoms with Crippen molar-refractivity contribution < 1.29 is 8.42 Å². The third-order valence-electron chi connectivity index (χ3n) is 2.92. The maximum atomic E-state index is 12.3. The molecule has 0 fully saturated rings. The van der Waals surface area contributed by atoms with E-state index < -0.39 is 10.0 Å². The largest absolute Gasteiger partial charge is 0.241 e. The predicted molar refractivity (Wildman–Crippen MR) is 83.9 cm³/mol. The number of aryl methyl sites for hydroxylation is 1. The monoisotopic (exact) mass is 329 g/mol. The molecule has 0 saturated carbocycles. The zero-order chi connectivity index (χ0) is 14.6.